The van der Waals surface area contributed by atoms with Gasteiger partial charge in [0.1, 0.15) is 6.07 Å². The number of fused-ring (bicyclic) bond motifs is 1. The Morgan fingerprint density at radius 2 is 2.25 bits per heavy atom. The molecule has 16 heavy (non-hydrogen) atoms. The second-order valence-corrected chi connectivity index (χ2v) is 3.24. The molecule has 0 unspecified atom stereocenters. The zero-order valence-electron chi connectivity index (χ0n) is 8.80. The van der Waals surface area contributed by atoms with Crippen LogP contribution < -0.4 is 0 Å². The van der Waals surface area contributed by atoms with Crippen molar-refractivity contribution in [3.05, 3.63) is 36.0 Å². The number of ether oxygens (including phenoxy) is 1. The van der Waals surface area contributed by atoms with E-state index < -0.39 is 6.09 Å². The van der Waals surface area contributed by atoms with Crippen LogP contribution in [-0.4, -0.2) is 17.3 Å². The third-order valence-electron chi connectivity index (χ3n) is 2.30. The Labute approximate surface area is 92.7 Å². The molecule has 1 aromatic carbocycles. The molecule has 2 aromatic rings. The summed E-state index contributed by atoms with van der Waals surface area (Å²) in [6, 6.07) is 9.30. The number of rotatable bonds is 1. The zero-order valence-corrected chi connectivity index (χ0v) is 8.80. The molecule has 0 radical (unpaired) electrons. The number of nitriles is 1. The normalized spacial score (nSPS) is 10.0. The van der Waals surface area contributed by atoms with Crippen LogP contribution in [0.15, 0.2) is 30.5 Å². The summed E-state index contributed by atoms with van der Waals surface area (Å²) in [5.41, 5.74) is 1.17. The van der Waals surface area contributed by atoms with Crippen molar-refractivity contribution < 1.29 is 9.53 Å². The third-order valence-corrected chi connectivity index (χ3v) is 2.30. The topological polar surface area (TPSA) is 55.0 Å². The van der Waals surface area contributed by atoms with E-state index in [0.717, 1.165) is 5.39 Å². The summed E-state index contributed by atoms with van der Waals surface area (Å²) in [6.45, 7) is 2.06. The fourth-order valence-corrected chi connectivity index (χ4v) is 1.61. The van der Waals surface area contributed by atoms with Gasteiger partial charge in [0.25, 0.3) is 0 Å². The maximum atomic E-state index is 11.6. The predicted octanol–water partition coefficient (Wildman–Crippen LogP) is 2.52. The Morgan fingerprint density at radius 1 is 1.50 bits per heavy atom. The number of carbonyl (C=O) groups is 1. The van der Waals surface area contributed by atoms with Crippen molar-refractivity contribution >= 4 is 17.0 Å². The van der Waals surface area contributed by atoms with Crippen LogP contribution >= 0.6 is 0 Å². The van der Waals surface area contributed by atoms with Gasteiger partial charge in [-0.05, 0) is 13.0 Å². The first-order chi connectivity index (χ1) is 7.77. The molecular weight excluding hydrogens is 204 g/mol. The molecule has 0 aliphatic heterocycles. The van der Waals surface area contributed by atoms with Gasteiger partial charge < -0.3 is 4.74 Å². The van der Waals surface area contributed by atoms with Crippen molar-refractivity contribution in [2.75, 3.05) is 6.61 Å². The smallest absolute Gasteiger partial charge is 0.418 e. The summed E-state index contributed by atoms with van der Waals surface area (Å²) in [5, 5.41) is 9.71. The van der Waals surface area contributed by atoms with Gasteiger partial charge in [0.2, 0.25) is 0 Å². The molecule has 4 heteroatoms. The van der Waals surface area contributed by atoms with E-state index in [1.165, 1.54) is 10.8 Å². The van der Waals surface area contributed by atoms with Gasteiger partial charge in [-0.1, -0.05) is 18.2 Å². The number of aromatic nitrogens is 1. The largest absolute Gasteiger partial charge is 0.449 e. The van der Waals surface area contributed by atoms with Crippen LogP contribution in [0.3, 0.4) is 0 Å². The maximum absolute atomic E-state index is 11.6. The molecule has 0 aliphatic carbocycles. The minimum Gasteiger partial charge on any atom is -0.449 e. The molecule has 4 nitrogen and oxygen atoms in total. The van der Waals surface area contributed by atoms with Crippen LogP contribution in [0, 0.1) is 11.3 Å². The first-order valence-electron chi connectivity index (χ1n) is 4.95. The standard InChI is InChI=1S/C12H10N2O2/c1-2-16-12(15)14-8-9(7-13)10-5-3-4-6-11(10)14/h3-6,8H,2H2,1H3. The molecule has 1 aromatic heterocycles. The lowest BCUT2D eigenvalue weighted by Crippen LogP contribution is -2.11. The molecule has 0 N–H and O–H groups in total. The molecular formula is C12H10N2O2. The first-order valence-corrected chi connectivity index (χ1v) is 4.95. The second-order valence-electron chi connectivity index (χ2n) is 3.24. The Kier molecular flexibility index (Phi) is 2.61. The fraction of sp³-hybridized carbons (Fsp3) is 0.167. The molecule has 80 valence electrons. The summed E-state index contributed by atoms with van der Waals surface area (Å²) in [7, 11) is 0. The predicted molar refractivity (Wildman–Crippen MR) is 59.1 cm³/mol. The highest BCUT2D eigenvalue weighted by Gasteiger charge is 2.13. The molecule has 0 spiro atoms. The maximum Gasteiger partial charge on any atom is 0.418 e. The Hall–Kier alpha value is -2.28. The van der Waals surface area contributed by atoms with Crippen LogP contribution in [0.2, 0.25) is 0 Å². The van der Waals surface area contributed by atoms with E-state index in [9.17, 15) is 4.79 Å². The lowest BCUT2D eigenvalue weighted by atomic mass is 10.2. The van der Waals surface area contributed by atoms with Crippen molar-refractivity contribution in [2.45, 2.75) is 6.92 Å². The van der Waals surface area contributed by atoms with Gasteiger partial charge in [0.15, 0.2) is 0 Å². The number of para-hydroxylation sites is 1. The Balaban J connectivity index is 2.63. The molecule has 0 saturated heterocycles. The SMILES string of the molecule is CCOC(=O)n1cc(C#N)c2ccccc21. The number of hydrogen-bond acceptors (Lipinski definition) is 3. The lowest BCUT2D eigenvalue weighted by Gasteiger charge is -2.02. The molecule has 0 aliphatic rings. The average molecular weight is 214 g/mol. The summed E-state index contributed by atoms with van der Waals surface area (Å²) < 4.78 is 6.27. The van der Waals surface area contributed by atoms with E-state index in [1.807, 2.05) is 18.2 Å². The van der Waals surface area contributed by atoms with Gasteiger partial charge in [-0.2, -0.15) is 5.26 Å². The minimum atomic E-state index is -0.458. The molecule has 0 atom stereocenters. The highest BCUT2D eigenvalue weighted by molar-refractivity contribution is 5.93. The molecule has 0 bridgehead atoms. The van der Waals surface area contributed by atoms with Crippen molar-refractivity contribution in [3.8, 4) is 6.07 Å². The summed E-state index contributed by atoms with van der Waals surface area (Å²) >= 11 is 0. The molecule has 1 heterocycles. The second kappa shape index (κ2) is 4.07. The van der Waals surface area contributed by atoms with Crippen LogP contribution in [-0.2, 0) is 4.74 Å². The van der Waals surface area contributed by atoms with E-state index in [1.54, 1.807) is 13.0 Å². The van der Waals surface area contributed by atoms with Gasteiger partial charge in [0.05, 0.1) is 17.7 Å². The first kappa shape index (κ1) is 10.2. The van der Waals surface area contributed by atoms with Crippen molar-refractivity contribution in [3.63, 3.8) is 0 Å². The van der Waals surface area contributed by atoms with Gasteiger partial charge in [-0.25, -0.2) is 4.79 Å². The monoisotopic (exact) mass is 214 g/mol. The highest BCUT2D eigenvalue weighted by atomic mass is 16.5. The summed E-state index contributed by atoms with van der Waals surface area (Å²) in [6.07, 6.45) is 1.04. The number of carbonyl (C=O) groups excluding carboxylic acids is 1. The third kappa shape index (κ3) is 1.52. The molecule has 2 rings (SSSR count). The lowest BCUT2D eigenvalue weighted by molar-refractivity contribution is 0.155. The van der Waals surface area contributed by atoms with Crippen molar-refractivity contribution in [1.82, 2.24) is 4.57 Å². The van der Waals surface area contributed by atoms with Crippen molar-refractivity contribution in [1.29, 1.82) is 5.26 Å². The average Bonchev–Trinajstić information content (AvgIpc) is 2.68. The molecule has 0 amide bonds. The van der Waals surface area contributed by atoms with Gasteiger partial charge in [0, 0.05) is 11.6 Å². The van der Waals surface area contributed by atoms with E-state index in [0.29, 0.717) is 17.7 Å². The van der Waals surface area contributed by atoms with Gasteiger partial charge in [-0.15, -0.1) is 0 Å². The van der Waals surface area contributed by atoms with Crippen LogP contribution in [0.4, 0.5) is 4.79 Å². The molecule has 0 saturated carbocycles. The fourth-order valence-electron chi connectivity index (χ4n) is 1.61. The zero-order chi connectivity index (χ0) is 11.5. The Morgan fingerprint density at radius 3 is 2.94 bits per heavy atom. The number of nitrogens with zero attached hydrogens (tertiary/aromatic N) is 2. The summed E-state index contributed by atoms with van der Waals surface area (Å²) in [4.78, 5) is 11.6. The van der Waals surface area contributed by atoms with Crippen molar-refractivity contribution in [2.24, 2.45) is 0 Å². The van der Waals surface area contributed by atoms with Crippen LogP contribution in [0.25, 0.3) is 10.9 Å². The highest BCUT2D eigenvalue weighted by Crippen LogP contribution is 2.20. The van der Waals surface area contributed by atoms with E-state index in [4.69, 9.17) is 10.00 Å². The van der Waals surface area contributed by atoms with E-state index >= 15 is 0 Å². The molecule has 0 fully saturated rings. The van der Waals surface area contributed by atoms with Gasteiger partial charge in [-0.3, -0.25) is 4.57 Å². The Bertz CT molecular complexity index is 578. The number of benzene rings is 1. The number of hydrogen-bond donors (Lipinski definition) is 0. The minimum absolute atomic E-state index is 0.313. The van der Waals surface area contributed by atoms with E-state index in [-0.39, 0.29) is 0 Å². The summed E-state index contributed by atoms with van der Waals surface area (Å²) in [5.74, 6) is 0. The van der Waals surface area contributed by atoms with Gasteiger partial charge >= 0.3 is 6.09 Å². The van der Waals surface area contributed by atoms with Crippen LogP contribution in [0.5, 0.6) is 0 Å². The van der Waals surface area contributed by atoms with Crippen LogP contribution in [0.1, 0.15) is 12.5 Å². The quantitative estimate of drug-likeness (QED) is 0.732. The van der Waals surface area contributed by atoms with E-state index in [2.05, 4.69) is 6.07 Å².